The van der Waals surface area contributed by atoms with Crippen LogP contribution in [-0.4, -0.2) is 21.1 Å². The molecule has 0 radical (unpaired) electrons. The number of hydrogen-bond donors (Lipinski definition) is 1. The number of ether oxygens (including phenoxy) is 1. The summed E-state index contributed by atoms with van der Waals surface area (Å²) in [6.07, 6.45) is 2.14. The van der Waals surface area contributed by atoms with E-state index in [1.54, 1.807) is 0 Å². The molecule has 0 aliphatic rings. The van der Waals surface area contributed by atoms with E-state index in [4.69, 9.17) is 9.72 Å². The largest absolute Gasteiger partial charge is 0.494 e. The molecule has 0 aliphatic carbocycles. The third-order valence-electron chi connectivity index (χ3n) is 5.36. The van der Waals surface area contributed by atoms with Crippen molar-refractivity contribution in [2.24, 2.45) is 7.05 Å². The Kier molecular flexibility index (Phi) is 4.60. The zero-order valence-corrected chi connectivity index (χ0v) is 17.1. The summed E-state index contributed by atoms with van der Waals surface area (Å²) < 4.78 is 7.75. The molecular weight excluding hydrogens is 370 g/mol. The third-order valence-corrected chi connectivity index (χ3v) is 5.36. The lowest BCUT2D eigenvalue weighted by Crippen LogP contribution is -1.91. The summed E-state index contributed by atoms with van der Waals surface area (Å²) >= 11 is 0. The number of benzene rings is 3. The standard InChI is InChI=1S/C26H23N3O/c1-3-30-20-15-13-19(14-16-20)25-24(18-9-5-4-6-10-18)27-26(28-25)22-17-29(2)23-12-8-7-11-21(22)23/h4-17H,3H2,1-2H3,(H,27,28). The molecule has 5 aromatic rings. The molecule has 0 saturated carbocycles. The quantitative estimate of drug-likeness (QED) is 0.381. The molecule has 0 bridgehead atoms. The highest BCUT2D eigenvalue weighted by atomic mass is 16.5. The number of aryl methyl sites for hydroxylation is 1. The summed E-state index contributed by atoms with van der Waals surface area (Å²) in [5.41, 5.74) is 6.41. The Morgan fingerprint density at radius 2 is 1.60 bits per heavy atom. The van der Waals surface area contributed by atoms with Gasteiger partial charge in [0.15, 0.2) is 0 Å². The summed E-state index contributed by atoms with van der Waals surface area (Å²) in [5, 5.41) is 1.19. The Morgan fingerprint density at radius 1 is 0.867 bits per heavy atom. The fourth-order valence-corrected chi connectivity index (χ4v) is 3.93. The SMILES string of the molecule is CCOc1ccc(-c2nc(-c3cn(C)c4ccccc34)[nH]c2-c2ccccc2)cc1. The van der Waals surface area contributed by atoms with E-state index in [2.05, 4.69) is 83.5 Å². The minimum absolute atomic E-state index is 0.655. The Morgan fingerprint density at radius 3 is 2.37 bits per heavy atom. The lowest BCUT2D eigenvalue weighted by molar-refractivity contribution is 0.340. The van der Waals surface area contributed by atoms with E-state index in [0.717, 1.165) is 39.7 Å². The van der Waals surface area contributed by atoms with Crippen LogP contribution < -0.4 is 4.74 Å². The number of nitrogens with one attached hydrogen (secondary N) is 1. The summed E-state index contributed by atoms with van der Waals surface area (Å²) in [5.74, 6) is 1.74. The molecule has 2 aromatic heterocycles. The van der Waals surface area contributed by atoms with Crippen LogP contribution in [0.3, 0.4) is 0 Å². The van der Waals surface area contributed by atoms with Crippen LogP contribution in [0.15, 0.2) is 85.1 Å². The number of H-pyrrole nitrogens is 1. The number of rotatable bonds is 5. The monoisotopic (exact) mass is 393 g/mol. The van der Waals surface area contributed by atoms with Crippen molar-refractivity contribution in [1.82, 2.24) is 14.5 Å². The second-order valence-corrected chi connectivity index (χ2v) is 7.30. The smallest absolute Gasteiger partial charge is 0.140 e. The van der Waals surface area contributed by atoms with Crippen molar-refractivity contribution in [3.63, 3.8) is 0 Å². The van der Waals surface area contributed by atoms with Gasteiger partial charge in [-0.1, -0.05) is 48.5 Å². The van der Waals surface area contributed by atoms with Crippen molar-refractivity contribution in [2.45, 2.75) is 6.92 Å². The van der Waals surface area contributed by atoms with E-state index in [-0.39, 0.29) is 0 Å². The maximum atomic E-state index is 5.61. The lowest BCUT2D eigenvalue weighted by Gasteiger charge is -2.05. The molecule has 4 nitrogen and oxygen atoms in total. The lowest BCUT2D eigenvalue weighted by atomic mass is 10.1. The van der Waals surface area contributed by atoms with Crippen molar-refractivity contribution < 1.29 is 4.74 Å². The molecule has 0 unspecified atom stereocenters. The predicted molar refractivity (Wildman–Crippen MR) is 123 cm³/mol. The molecule has 0 aliphatic heterocycles. The number of imidazole rings is 1. The molecule has 30 heavy (non-hydrogen) atoms. The maximum Gasteiger partial charge on any atom is 0.140 e. The van der Waals surface area contributed by atoms with Gasteiger partial charge in [0.2, 0.25) is 0 Å². The molecule has 4 heteroatoms. The van der Waals surface area contributed by atoms with Gasteiger partial charge >= 0.3 is 0 Å². The number of nitrogens with zero attached hydrogens (tertiary/aromatic N) is 2. The van der Waals surface area contributed by atoms with E-state index in [9.17, 15) is 0 Å². The van der Waals surface area contributed by atoms with Gasteiger partial charge in [-0.2, -0.15) is 0 Å². The van der Waals surface area contributed by atoms with Crippen LogP contribution in [0.5, 0.6) is 5.75 Å². The van der Waals surface area contributed by atoms with Crippen molar-refractivity contribution >= 4 is 10.9 Å². The van der Waals surface area contributed by atoms with E-state index in [1.165, 1.54) is 10.9 Å². The zero-order valence-electron chi connectivity index (χ0n) is 17.1. The second kappa shape index (κ2) is 7.56. The van der Waals surface area contributed by atoms with E-state index in [1.807, 2.05) is 25.1 Å². The number of aromatic nitrogens is 3. The highest BCUT2D eigenvalue weighted by molar-refractivity contribution is 5.95. The van der Waals surface area contributed by atoms with Crippen molar-refractivity contribution in [1.29, 1.82) is 0 Å². The van der Waals surface area contributed by atoms with Gasteiger partial charge in [-0.3, -0.25) is 0 Å². The van der Waals surface area contributed by atoms with Gasteiger partial charge in [-0.25, -0.2) is 4.98 Å². The second-order valence-electron chi connectivity index (χ2n) is 7.30. The van der Waals surface area contributed by atoms with Gasteiger partial charge in [0.1, 0.15) is 11.6 Å². The maximum absolute atomic E-state index is 5.61. The fourth-order valence-electron chi connectivity index (χ4n) is 3.93. The molecule has 0 amide bonds. The molecule has 2 heterocycles. The van der Waals surface area contributed by atoms with Crippen molar-refractivity contribution in [3.8, 4) is 39.7 Å². The van der Waals surface area contributed by atoms with E-state index < -0.39 is 0 Å². The Bertz CT molecular complexity index is 1300. The Hall–Kier alpha value is -3.79. The van der Waals surface area contributed by atoms with Crippen molar-refractivity contribution in [2.75, 3.05) is 6.61 Å². The van der Waals surface area contributed by atoms with Gasteiger partial charge in [0.05, 0.1) is 18.0 Å². The first-order valence-electron chi connectivity index (χ1n) is 10.2. The Balaban J connectivity index is 1.69. The minimum Gasteiger partial charge on any atom is -0.494 e. The summed E-state index contributed by atoms with van der Waals surface area (Å²) in [7, 11) is 2.07. The van der Waals surface area contributed by atoms with Crippen molar-refractivity contribution in [3.05, 3.63) is 85.1 Å². The molecule has 0 atom stereocenters. The highest BCUT2D eigenvalue weighted by Crippen LogP contribution is 2.36. The van der Waals surface area contributed by atoms with Crippen LogP contribution in [0.1, 0.15) is 6.92 Å². The van der Waals surface area contributed by atoms with Gasteiger partial charge < -0.3 is 14.3 Å². The average molecular weight is 393 g/mol. The molecule has 0 spiro atoms. The summed E-state index contributed by atoms with van der Waals surface area (Å²) in [4.78, 5) is 8.66. The molecule has 148 valence electrons. The van der Waals surface area contributed by atoms with Gasteiger partial charge in [-0.15, -0.1) is 0 Å². The number of fused-ring (bicyclic) bond motifs is 1. The first-order valence-corrected chi connectivity index (χ1v) is 10.2. The summed E-state index contributed by atoms with van der Waals surface area (Å²) in [6, 6.07) is 26.9. The van der Waals surface area contributed by atoms with Crippen LogP contribution in [-0.2, 0) is 7.05 Å². The van der Waals surface area contributed by atoms with Crippen LogP contribution in [0.4, 0.5) is 0 Å². The molecule has 0 fully saturated rings. The molecular formula is C26H23N3O. The third kappa shape index (κ3) is 3.16. The first-order chi connectivity index (χ1) is 14.7. The van der Waals surface area contributed by atoms with Crippen LogP contribution in [0.2, 0.25) is 0 Å². The van der Waals surface area contributed by atoms with Crippen LogP contribution in [0, 0.1) is 0 Å². The highest BCUT2D eigenvalue weighted by Gasteiger charge is 2.18. The normalized spacial score (nSPS) is 11.1. The topological polar surface area (TPSA) is 42.8 Å². The molecule has 5 rings (SSSR count). The van der Waals surface area contributed by atoms with Crippen LogP contribution in [0.25, 0.3) is 44.8 Å². The molecule has 3 aromatic carbocycles. The van der Waals surface area contributed by atoms with E-state index in [0.29, 0.717) is 6.61 Å². The number of aromatic amines is 1. The first kappa shape index (κ1) is 18.3. The van der Waals surface area contributed by atoms with E-state index >= 15 is 0 Å². The number of hydrogen-bond acceptors (Lipinski definition) is 2. The van der Waals surface area contributed by atoms with Gasteiger partial charge in [0, 0.05) is 40.8 Å². The van der Waals surface area contributed by atoms with Crippen LogP contribution >= 0.6 is 0 Å². The van der Waals surface area contributed by atoms with Gasteiger partial charge in [-0.05, 0) is 37.3 Å². The predicted octanol–water partition coefficient (Wildman–Crippen LogP) is 6.30. The number of para-hydroxylation sites is 1. The Labute approximate surface area is 175 Å². The molecule has 1 N–H and O–H groups in total. The van der Waals surface area contributed by atoms with Gasteiger partial charge in [0.25, 0.3) is 0 Å². The minimum atomic E-state index is 0.655. The summed E-state index contributed by atoms with van der Waals surface area (Å²) in [6.45, 7) is 2.65. The molecule has 0 saturated heterocycles. The fraction of sp³-hybridized carbons (Fsp3) is 0.115. The zero-order chi connectivity index (χ0) is 20.5. The average Bonchev–Trinajstić information content (AvgIpc) is 3.37.